The summed E-state index contributed by atoms with van der Waals surface area (Å²) in [4.78, 5) is 45.2. The summed E-state index contributed by atoms with van der Waals surface area (Å²) in [7, 11) is 0. The number of nitrogens with two attached hydrogens (primary N) is 1. The van der Waals surface area contributed by atoms with E-state index >= 15 is 0 Å². The molecule has 0 fully saturated rings. The smallest absolute Gasteiger partial charge is 0.335 e. The van der Waals surface area contributed by atoms with E-state index in [4.69, 9.17) is 15.9 Å². The number of benzene rings is 2. The molecule has 24 heavy (non-hydrogen) atoms. The van der Waals surface area contributed by atoms with Gasteiger partial charge >= 0.3 is 11.9 Å². The first kappa shape index (κ1) is 16.7. The lowest BCUT2D eigenvalue weighted by atomic mass is 10.1. The van der Waals surface area contributed by atoms with Crippen LogP contribution in [-0.4, -0.2) is 34.0 Å². The molecule has 0 saturated carbocycles. The Balaban J connectivity index is 2.29. The highest BCUT2D eigenvalue weighted by Crippen LogP contribution is 2.17. The van der Waals surface area contributed by atoms with E-state index in [-0.39, 0.29) is 27.9 Å². The molecule has 0 bridgehead atoms. The summed E-state index contributed by atoms with van der Waals surface area (Å²) in [6.07, 6.45) is 0. The van der Waals surface area contributed by atoms with E-state index in [9.17, 15) is 19.2 Å². The summed E-state index contributed by atoms with van der Waals surface area (Å²) in [6.45, 7) is 0. The van der Waals surface area contributed by atoms with Crippen molar-refractivity contribution in [2.75, 3.05) is 5.32 Å². The van der Waals surface area contributed by atoms with Crippen LogP contribution < -0.4 is 11.1 Å². The zero-order chi connectivity index (χ0) is 17.9. The summed E-state index contributed by atoms with van der Waals surface area (Å²) in [5, 5.41) is 20.4. The second-order valence-corrected chi connectivity index (χ2v) is 4.81. The van der Waals surface area contributed by atoms with Crippen LogP contribution in [0.25, 0.3) is 0 Å². The molecular formula is C16H12N2O6. The summed E-state index contributed by atoms with van der Waals surface area (Å²) in [6, 6.07) is 8.75. The number of carbonyl (C=O) groups excluding carboxylic acids is 2. The second kappa shape index (κ2) is 6.61. The highest BCUT2D eigenvalue weighted by Gasteiger charge is 2.14. The molecule has 0 aliphatic heterocycles. The first-order valence-corrected chi connectivity index (χ1v) is 6.61. The van der Waals surface area contributed by atoms with Gasteiger partial charge in [-0.3, -0.25) is 9.59 Å². The van der Waals surface area contributed by atoms with Crippen LogP contribution in [0.15, 0.2) is 42.5 Å². The van der Waals surface area contributed by atoms with Gasteiger partial charge < -0.3 is 21.3 Å². The third-order valence-electron chi connectivity index (χ3n) is 3.12. The Morgan fingerprint density at radius 2 is 1.21 bits per heavy atom. The number of rotatable bonds is 5. The molecule has 8 heteroatoms. The minimum atomic E-state index is -1.32. The second-order valence-electron chi connectivity index (χ2n) is 4.81. The summed E-state index contributed by atoms with van der Waals surface area (Å²) >= 11 is 0. The van der Waals surface area contributed by atoms with Gasteiger partial charge in [0, 0.05) is 16.8 Å². The third kappa shape index (κ3) is 3.74. The topological polar surface area (TPSA) is 147 Å². The third-order valence-corrected chi connectivity index (χ3v) is 3.12. The van der Waals surface area contributed by atoms with Crippen molar-refractivity contribution in [2.45, 2.75) is 0 Å². The molecule has 0 aliphatic rings. The van der Waals surface area contributed by atoms with Crippen molar-refractivity contribution in [3.63, 3.8) is 0 Å². The Bertz CT molecular complexity index is 810. The fraction of sp³-hybridized carbons (Fsp3) is 0. The largest absolute Gasteiger partial charge is 0.478 e. The number of primary amides is 1. The van der Waals surface area contributed by atoms with Crippen molar-refractivity contribution in [1.82, 2.24) is 0 Å². The Labute approximate surface area is 135 Å². The minimum Gasteiger partial charge on any atom is -0.478 e. The number of hydrogen-bond acceptors (Lipinski definition) is 4. The van der Waals surface area contributed by atoms with Crippen molar-refractivity contribution in [3.05, 3.63) is 64.7 Å². The minimum absolute atomic E-state index is 0.0243. The predicted molar refractivity (Wildman–Crippen MR) is 83.3 cm³/mol. The SMILES string of the molecule is NC(=O)c1ccc(C(=O)Nc2cc(C(=O)O)cc(C(=O)O)c2)cc1. The van der Waals surface area contributed by atoms with Crippen LogP contribution in [0.3, 0.4) is 0 Å². The van der Waals surface area contributed by atoms with E-state index in [2.05, 4.69) is 5.32 Å². The lowest BCUT2D eigenvalue weighted by Crippen LogP contribution is -2.15. The molecule has 0 heterocycles. The van der Waals surface area contributed by atoms with E-state index in [0.29, 0.717) is 0 Å². The van der Waals surface area contributed by atoms with Crippen molar-refractivity contribution >= 4 is 29.4 Å². The van der Waals surface area contributed by atoms with Crippen LogP contribution in [0.4, 0.5) is 5.69 Å². The molecule has 0 aliphatic carbocycles. The van der Waals surface area contributed by atoms with Crippen LogP contribution in [0.5, 0.6) is 0 Å². The number of aromatic carboxylic acids is 2. The van der Waals surface area contributed by atoms with Crippen LogP contribution >= 0.6 is 0 Å². The average Bonchev–Trinajstić information content (AvgIpc) is 2.54. The van der Waals surface area contributed by atoms with Crippen LogP contribution in [0, 0.1) is 0 Å². The number of amides is 2. The fourth-order valence-corrected chi connectivity index (χ4v) is 1.94. The van der Waals surface area contributed by atoms with Crippen molar-refractivity contribution in [3.8, 4) is 0 Å². The molecule has 2 aromatic rings. The molecular weight excluding hydrogens is 316 g/mol. The van der Waals surface area contributed by atoms with Gasteiger partial charge in [0.25, 0.3) is 5.91 Å². The standard InChI is InChI=1S/C16H12N2O6/c17-13(19)8-1-3-9(4-2-8)14(20)18-12-6-10(15(21)22)5-11(7-12)16(23)24/h1-7H,(H2,17,19)(H,18,20)(H,21,22)(H,23,24). The van der Waals surface area contributed by atoms with Gasteiger partial charge in [0.15, 0.2) is 0 Å². The van der Waals surface area contributed by atoms with Gasteiger partial charge in [0.2, 0.25) is 5.91 Å². The van der Waals surface area contributed by atoms with Gasteiger partial charge in [-0.25, -0.2) is 9.59 Å². The monoisotopic (exact) mass is 328 g/mol. The Kier molecular flexibility index (Phi) is 4.60. The van der Waals surface area contributed by atoms with Gasteiger partial charge in [0.1, 0.15) is 0 Å². The van der Waals surface area contributed by atoms with Crippen molar-refractivity contribution < 1.29 is 29.4 Å². The van der Waals surface area contributed by atoms with E-state index in [0.717, 1.165) is 18.2 Å². The number of carbonyl (C=O) groups is 4. The van der Waals surface area contributed by atoms with E-state index in [1.54, 1.807) is 0 Å². The molecule has 0 spiro atoms. The summed E-state index contributed by atoms with van der Waals surface area (Å²) in [5.41, 5.74) is 5.01. The highest BCUT2D eigenvalue weighted by molar-refractivity contribution is 6.06. The number of hydrogen-bond donors (Lipinski definition) is 4. The first-order chi connectivity index (χ1) is 11.3. The van der Waals surface area contributed by atoms with E-state index < -0.39 is 23.8 Å². The predicted octanol–water partition coefficient (Wildman–Crippen LogP) is 1.43. The van der Waals surface area contributed by atoms with Gasteiger partial charge in [-0.15, -0.1) is 0 Å². The number of nitrogens with one attached hydrogen (secondary N) is 1. The van der Waals surface area contributed by atoms with Crippen LogP contribution in [0.2, 0.25) is 0 Å². The van der Waals surface area contributed by atoms with Crippen molar-refractivity contribution in [1.29, 1.82) is 0 Å². The molecule has 8 nitrogen and oxygen atoms in total. The maximum atomic E-state index is 12.1. The Hall–Kier alpha value is -3.68. The maximum Gasteiger partial charge on any atom is 0.335 e. The molecule has 0 saturated heterocycles. The normalized spacial score (nSPS) is 10.0. The molecule has 2 aromatic carbocycles. The quantitative estimate of drug-likeness (QED) is 0.653. The molecule has 2 rings (SSSR count). The molecule has 0 atom stereocenters. The molecule has 0 unspecified atom stereocenters. The average molecular weight is 328 g/mol. The number of anilines is 1. The number of carboxylic acid groups (broad SMARTS) is 2. The molecule has 0 radical (unpaired) electrons. The summed E-state index contributed by atoms with van der Waals surface area (Å²) < 4.78 is 0. The zero-order valence-electron chi connectivity index (χ0n) is 12.1. The lowest BCUT2D eigenvalue weighted by Gasteiger charge is -2.08. The van der Waals surface area contributed by atoms with E-state index in [1.807, 2.05) is 0 Å². The van der Waals surface area contributed by atoms with Gasteiger partial charge in [0.05, 0.1) is 11.1 Å². The maximum absolute atomic E-state index is 12.1. The summed E-state index contributed by atoms with van der Waals surface area (Å²) in [5.74, 6) is -3.87. The van der Waals surface area contributed by atoms with Crippen LogP contribution in [-0.2, 0) is 0 Å². The Morgan fingerprint density at radius 3 is 1.62 bits per heavy atom. The van der Waals surface area contributed by atoms with Crippen LogP contribution in [0.1, 0.15) is 41.4 Å². The molecule has 2 amide bonds. The fourth-order valence-electron chi connectivity index (χ4n) is 1.94. The number of carboxylic acids is 2. The van der Waals surface area contributed by atoms with Gasteiger partial charge in [-0.05, 0) is 42.5 Å². The molecule has 122 valence electrons. The van der Waals surface area contributed by atoms with E-state index in [1.165, 1.54) is 24.3 Å². The lowest BCUT2D eigenvalue weighted by molar-refractivity contribution is 0.0696. The zero-order valence-corrected chi connectivity index (χ0v) is 12.1. The van der Waals surface area contributed by atoms with Gasteiger partial charge in [-0.1, -0.05) is 0 Å². The van der Waals surface area contributed by atoms with Gasteiger partial charge in [-0.2, -0.15) is 0 Å². The first-order valence-electron chi connectivity index (χ1n) is 6.61. The molecule has 0 aromatic heterocycles. The molecule has 5 N–H and O–H groups in total. The highest BCUT2D eigenvalue weighted by atomic mass is 16.4. The Morgan fingerprint density at radius 1 is 0.750 bits per heavy atom. The van der Waals surface area contributed by atoms with Crippen molar-refractivity contribution in [2.24, 2.45) is 5.73 Å².